The van der Waals surface area contributed by atoms with Crippen molar-refractivity contribution in [1.82, 2.24) is 5.06 Å². The molecule has 0 aliphatic heterocycles. The highest BCUT2D eigenvalue weighted by molar-refractivity contribution is 5.94. The highest BCUT2D eigenvalue weighted by Crippen LogP contribution is 2.18. The van der Waals surface area contributed by atoms with E-state index in [-0.39, 0.29) is 11.8 Å². The van der Waals surface area contributed by atoms with Crippen LogP contribution in [0.3, 0.4) is 0 Å². The number of nitrogens with one attached hydrogen (secondary N) is 1. The summed E-state index contributed by atoms with van der Waals surface area (Å²) in [6, 6.07) is 14.3. The monoisotopic (exact) mass is 342 g/mol. The number of ketones is 1. The Balaban J connectivity index is 1.87. The van der Waals surface area contributed by atoms with Crippen LogP contribution in [0.25, 0.3) is 0 Å². The van der Waals surface area contributed by atoms with E-state index in [1.165, 1.54) is 14.2 Å². The van der Waals surface area contributed by atoms with Gasteiger partial charge in [0.1, 0.15) is 5.75 Å². The third-order valence-electron chi connectivity index (χ3n) is 3.67. The van der Waals surface area contributed by atoms with Gasteiger partial charge in [-0.25, -0.2) is 9.86 Å². The summed E-state index contributed by atoms with van der Waals surface area (Å²) in [6.45, 7) is 2.04. The number of rotatable bonds is 7. The van der Waals surface area contributed by atoms with E-state index >= 15 is 0 Å². The zero-order valence-corrected chi connectivity index (χ0v) is 14.6. The number of carbonyl (C=O) groups excluding carboxylic acids is 2. The molecule has 6 nitrogen and oxygen atoms in total. The first-order valence-corrected chi connectivity index (χ1v) is 7.91. The van der Waals surface area contributed by atoms with E-state index in [1.54, 1.807) is 25.1 Å². The molecule has 1 N–H and O–H groups in total. The molecule has 6 heteroatoms. The molecule has 0 radical (unpaired) electrons. The van der Waals surface area contributed by atoms with E-state index in [0.29, 0.717) is 23.6 Å². The number of amides is 2. The lowest BCUT2D eigenvalue weighted by Gasteiger charge is -2.15. The average molecular weight is 342 g/mol. The number of Topliss-reactive ketones (excluding diaryl/α,β-unsaturated/α-hetero) is 1. The molecule has 2 aromatic carbocycles. The molecule has 0 saturated carbocycles. The van der Waals surface area contributed by atoms with Crippen molar-refractivity contribution in [2.45, 2.75) is 13.3 Å². The number of urea groups is 1. The zero-order chi connectivity index (χ0) is 18.2. The number of hydroxylamine groups is 2. The molecular formula is C19H22N2O4. The molecule has 0 fully saturated rings. The van der Waals surface area contributed by atoms with Crippen LogP contribution in [0.2, 0.25) is 0 Å². The van der Waals surface area contributed by atoms with Gasteiger partial charge in [0.25, 0.3) is 0 Å². The fourth-order valence-electron chi connectivity index (χ4n) is 2.14. The predicted octanol–water partition coefficient (Wildman–Crippen LogP) is 3.54. The lowest BCUT2D eigenvalue weighted by molar-refractivity contribution is -0.0598. The molecule has 0 unspecified atom stereocenters. The van der Waals surface area contributed by atoms with Gasteiger partial charge in [0.05, 0.1) is 13.7 Å². The zero-order valence-electron chi connectivity index (χ0n) is 14.6. The van der Waals surface area contributed by atoms with E-state index in [1.807, 2.05) is 30.3 Å². The summed E-state index contributed by atoms with van der Waals surface area (Å²) >= 11 is 0. The fourth-order valence-corrected chi connectivity index (χ4v) is 2.14. The second kappa shape index (κ2) is 8.84. The Bertz CT molecular complexity index is 728. The molecule has 0 bridgehead atoms. The van der Waals surface area contributed by atoms with Crippen molar-refractivity contribution < 1.29 is 19.2 Å². The topological polar surface area (TPSA) is 67.9 Å². The van der Waals surface area contributed by atoms with E-state index in [4.69, 9.17) is 9.57 Å². The second-order valence-electron chi connectivity index (χ2n) is 5.49. The maximum atomic E-state index is 11.8. The van der Waals surface area contributed by atoms with E-state index in [2.05, 4.69) is 5.32 Å². The molecule has 0 saturated heterocycles. The minimum absolute atomic E-state index is 0.0563. The maximum Gasteiger partial charge on any atom is 0.345 e. The quantitative estimate of drug-likeness (QED) is 0.617. The Labute approximate surface area is 147 Å². The van der Waals surface area contributed by atoms with Gasteiger partial charge in [-0.3, -0.25) is 9.63 Å². The van der Waals surface area contributed by atoms with E-state index in [0.717, 1.165) is 17.0 Å². The lowest BCUT2D eigenvalue weighted by Crippen LogP contribution is -2.30. The number of nitrogens with zero attached hydrogens (tertiary/aromatic N) is 1. The normalized spacial score (nSPS) is 10.2. The van der Waals surface area contributed by atoms with Gasteiger partial charge in [-0.05, 0) is 24.6 Å². The summed E-state index contributed by atoms with van der Waals surface area (Å²) in [5, 5.41) is 3.80. The Morgan fingerprint density at radius 3 is 2.48 bits per heavy atom. The van der Waals surface area contributed by atoms with Crippen molar-refractivity contribution in [1.29, 1.82) is 0 Å². The number of carbonyl (C=O) groups is 2. The van der Waals surface area contributed by atoms with Gasteiger partial charge in [0.2, 0.25) is 0 Å². The molecule has 2 rings (SSSR count). The number of hydrogen-bond donors (Lipinski definition) is 1. The third kappa shape index (κ3) is 5.61. The van der Waals surface area contributed by atoms with Gasteiger partial charge in [-0.2, -0.15) is 0 Å². The predicted molar refractivity (Wildman–Crippen MR) is 95.9 cm³/mol. The third-order valence-corrected chi connectivity index (χ3v) is 3.67. The molecule has 25 heavy (non-hydrogen) atoms. The summed E-state index contributed by atoms with van der Waals surface area (Å²) in [5.74, 6) is 0.721. The summed E-state index contributed by atoms with van der Waals surface area (Å²) in [4.78, 5) is 27.8. The summed E-state index contributed by atoms with van der Waals surface area (Å²) in [6.07, 6.45) is 0.723. The van der Waals surface area contributed by atoms with Crippen molar-refractivity contribution in [2.24, 2.45) is 0 Å². The molecule has 2 amide bonds. The van der Waals surface area contributed by atoms with Gasteiger partial charge >= 0.3 is 6.03 Å². The standard InChI is InChI=1S/C19H22N2O4/c1-14(22)16-9-7-15(8-10-16)11-12-25-18-6-4-5-17(13-18)20-19(23)21(2)24-3/h4-10,13H,11-12H2,1-3H3,(H,20,23). The van der Waals surface area contributed by atoms with Gasteiger partial charge in [-0.1, -0.05) is 30.3 Å². The van der Waals surface area contributed by atoms with Crippen LogP contribution in [0, 0.1) is 0 Å². The smallest absolute Gasteiger partial charge is 0.345 e. The van der Waals surface area contributed by atoms with Crippen LogP contribution >= 0.6 is 0 Å². The molecule has 0 spiro atoms. The molecular weight excluding hydrogens is 320 g/mol. The fraction of sp³-hybridized carbons (Fsp3) is 0.263. The van der Waals surface area contributed by atoms with Crippen LogP contribution in [0.1, 0.15) is 22.8 Å². The minimum Gasteiger partial charge on any atom is -0.493 e. The molecule has 0 aliphatic carbocycles. The molecule has 0 atom stereocenters. The van der Waals surface area contributed by atoms with Crippen LogP contribution in [-0.2, 0) is 11.3 Å². The molecule has 0 aliphatic rings. The van der Waals surface area contributed by atoms with Crippen molar-refractivity contribution in [3.8, 4) is 5.75 Å². The van der Waals surface area contributed by atoms with Gasteiger partial charge in [-0.15, -0.1) is 0 Å². The Morgan fingerprint density at radius 1 is 1.12 bits per heavy atom. The number of ether oxygens (including phenoxy) is 1. The Hall–Kier alpha value is -2.86. The first-order valence-electron chi connectivity index (χ1n) is 7.91. The molecule has 2 aromatic rings. The van der Waals surface area contributed by atoms with E-state index in [9.17, 15) is 9.59 Å². The second-order valence-corrected chi connectivity index (χ2v) is 5.49. The van der Waals surface area contributed by atoms with Gasteiger partial charge in [0, 0.05) is 30.8 Å². The number of hydrogen-bond acceptors (Lipinski definition) is 4. The minimum atomic E-state index is -0.370. The van der Waals surface area contributed by atoms with E-state index < -0.39 is 0 Å². The molecule has 0 aromatic heterocycles. The van der Waals surface area contributed by atoms with Crippen molar-refractivity contribution >= 4 is 17.5 Å². The summed E-state index contributed by atoms with van der Waals surface area (Å²) < 4.78 is 5.73. The summed E-state index contributed by atoms with van der Waals surface area (Å²) in [5.41, 5.74) is 2.42. The highest BCUT2D eigenvalue weighted by Gasteiger charge is 2.08. The molecule has 132 valence electrons. The Morgan fingerprint density at radius 2 is 1.84 bits per heavy atom. The van der Waals surface area contributed by atoms with Crippen LogP contribution in [0.4, 0.5) is 10.5 Å². The van der Waals surface area contributed by atoms with Crippen LogP contribution in [0.5, 0.6) is 5.75 Å². The van der Waals surface area contributed by atoms with Crippen molar-refractivity contribution in [2.75, 3.05) is 26.1 Å². The summed E-state index contributed by atoms with van der Waals surface area (Å²) in [7, 11) is 2.94. The largest absolute Gasteiger partial charge is 0.493 e. The molecule has 0 heterocycles. The average Bonchev–Trinajstić information content (AvgIpc) is 2.61. The van der Waals surface area contributed by atoms with Crippen LogP contribution in [-0.4, -0.2) is 37.6 Å². The Kier molecular flexibility index (Phi) is 6.54. The first kappa shape index (κ1) is 18.5. The van der Waals surface area contributed by atoms with Crippen molar-refractivity contribution in [3.05, 3.63) is 59.7 Å². The number of benzene rings is 2. The lowest BCUT2D eigenvalue weighted by atomic mass is 10.1. The SMILES string of the molecule is CON(C)C(=O)Nc1cccc(OCCc2ccc(C(C)=O)cc2)c1. The van der Waals surface area contributed by atoms with Crippen molar-refractivity contribution in [3.63, 3.8) is 0 Å². The van der Waals surface area contributed by atoms with Gasteiger partial charge < -0.3 is 10.1 Å². The van der Waals surface area contributed by atoms with Crippen LogP contribution in [0.15, 0.2) is 48.5 Å². The maximum absolute atomic E-state index is 11.8. The van der Waals surface area contributed by atoms with Gasteiger partial charge in [0.15, 0.2) is 5.78 Å². The van der Waals surface area contributed by atoms with Crippen LogP contribution < -0.4 is 10.1 Å². The first-order chi connectivity index (χ1) is 12.0. The highest BCUT2D eigenvalue weighted by atomic mass is 16.7. The number of anilines is 1.